The van der Waals surface area contributed by atoms with Gasteiger partial charge in [-0.2, -0.15) is 11.3 Å². The number of halogens is 1. The second kappa shape index (κ2) is 6.66. The standard InChI is InChI=1S/C16H18FNOS/c1-12(14-5-3-4-6-15(14)17)18(2)16(19)8-7-13-9-10-20-11-13/h3-6,9-12H,7-8H2,1-2H3. The SMILES string of the molecule is CC(c1ccccc1F)N(C)C(=O)CCc1ccsc1. The van der Waals surface area contributed by atoms with Gasteiger partial charge >= 0.3 is 0 Å². The lowest BCUT2D eigenvalue weighted by Gasteiger charge is -2.25. The Morgan fingerprint density at radius 1 is 1.35 bits per heavy atom. The van der Waals surface area contributed by atoms with E-state index in [4.69, 9.17) is 0 Å². The molecule has 1 unspecified atom stereocenters. The summed E-state index contributed by atoms with van der Waals surface area (Å²) in [6, 6.07) is 8.37. The van der Waals surface area contributed by atoms with Crippen LogP contribution in [0.1, 0.15) is 30.5 Å². The van der Waals surface area contributed by atoms with Crippen LogP contribution in [0.5, 0.6) is 0 Å². The van der Waals surface area contributed by atoms with Gasteiger partial charge in [0.2, 0.25) is 5.91 Å². The Hall–Kier alpha value is -1.68. The van der Waals surface area contributed by atoms with Crippen molar-refractivity contribution in [2.24, 2.45) is 0 Å². The van der Waals surface area contributed by atoms with E-state index in [-0.39, 0.29) is 17.8 Å². The Kier molecular flexibility index (Phi) is 4.90. The maximum absolute atomic E-state index is 13.7. The third kappa shape index (κ3) is 3.45. The van der Waals surface area contributed by atoms with E-state index in [1.165, 1.54) is 11.6 Å². The molecule has 0 fully saturated rings. The van der Waals surface area contributed by atoms with Crippen molar-refractivity contribution >= 4 is 17.2 Å². The molecule has 0 bridgehead atoms. The monoisotopic (exact) mass is 291 g/mol. The molecule has 1 aromatic carbocycles. The second-order valence-corrected chi connectivity index (χ2v) is 5.61. The summed E-state index contributed by atoms with van der Waals surface area (Å²) in [5.41, 5.74) is 1.73. The van der Waals surface area contributed by atoms with E-state index in [0.717, 1.165) is 6.42 Å². The zero-order valence-electron chi connectivity index (χ0n) is 11.7. The van der Waals surface area contributed by atoms with Crippen LogP contribution in [0.2, 0.25) is 0 Å². The van der Waals surface area contributed by atoms with Crippen LogP contribution in [-0.2, 0) is 11.2 Å². The predicted molar refractivity (Wildman–Crippen MR) is 80.2 cm³/mol. The summed E-state index contributed by atoms with van der Waals surface area (Å²) < 4.78 is 13.7. The van der Waals surface area contributed by atoms with Crippen molar-refractivity contribution in [3.05, 3.63) is 58.0 Å². The van der Waals surface area contributed by atoms with Crippen molar-refractivity contribution in [2.75, 3.05) is 7.05 Å². The molecule has 106 valence electrons. The normalized spacial score (nSPS) is 12.2. The molecular formula is C16H18FNOS. The molecule has 2 nitrogen and oxygen atoms in total. The third-order valence-electron chi connectivity index (χ3n) is 3.54. The Labute approximate surface area is 122 Å². The Balaban J connectivity index is 1.97. The van der Waals surface area contributed by atoms with E-state index >= 15 is 0 Å². The van der Waals surface area contributed by atoms with Crippen molar-refractivity contribution in [2.45, 2.75) is 25.8 Å². The highest BCUT2D eigenvalue weighted by molar-refractivity contribution is 7.07. The van der Waals surface area contributed by atoms with Gasteiger partial charge in [-0.1, -0.05) is 18.2 Å². The molecule has 1 heterocycles. The minimum absolute atomic E-state index is 0.0342. The van der Waals surface area contributed by atoms with Crippen LogP contribution in [0.4, 0.5) is 4.39 Å². The predicted octanol–water partition coefficient (Wildman–Crippen LogP) is 4.04. The highest BCUT2D eigenvalue weighted by Crippen LogP contribution is 2.22. The first-order chi connectivity index (χ1) is 9.59. The minimum Gasteiger partial charge on any atom is -0.339 e. The number of carbonyl (C=O) groups is 1. The van der Waals surface area contributed by atoms with Crippen molar-refractivity contribution in [3.63, 3.8) is 0 Å². The summed E-state index contributed by atoms with van der Waals surface area (Å²) in [5, 5.41) is 4.05. The fourth-order valence-electron chi connectivity index (χ4n) is 2.10. The molecule has 0 aliphatic carbocycles. The number of thiophene rings is 1. The number of carbonyl (C=O) groups excluding carboxylic acids is 1. The van der Waals surface area contributed by atoms with Crippen LogP contribution in [0.25, 0.3) is 0 Å². The Morgan fingerprint density at radius 3 is 2.75 bits per heavy atom. The summed E-state index contributed by atoms with van der Waals surface area (Å²) in [5.74, 6) is -0.232. The first-order valence-electron chi connectivity index (χ1n) is 6.60. The van der Waals surface area contributed by atoms with Gasteiger partial charge < -0.3 is 4.90 Å². The summed E-state index contributed by atoms with van der Waals surface area (Å²) in [4.78, 5) is 13.8. The lowest BCUT2D eigenvalue weighted by molar-refractivity contribution is -0.131. The van der Waals surface area contributed by atoms with Crippen LogP contribution in [0.15, 0.2) is 41.1 Å². The molecule has 0 saturated carbocycles. The molecule has 0 radical (unpaired) electrons. The highest BCUT2D eigenvalue weighted by Gasteiger charge is 2.19. The van der Waals surface area contributed by atoms with Crippen molar-refractivity contribution < 1.29 is 9.18 Å². The molecule has 0 aliphatic rings. The molecule has 0 spiro atoms. The van der Waals surface area contributed by atoms with Crippen molar-refractivity contribution in [1.82, 2.24) is 4.90 Å². The number of nitrogens with zero attached hydrogens (tertiary/aromatic N) is 1. The van der Waals surface area contributed by atoms with Crippen LogP contribution >= 0.6 is 11.3 Å². The van der Waals surface area contributed by atoms with Gasteiger partial charge in [-0.05, 0) is 41.8 Å². The fourth-order valence-corrected chi connectivity index (χ4v) is 2.80. The van der Waals surface area contributed by atoms with Gasteiger partial charge in [-0.3, -0.25) is 4.79 Å². The molecule has 1 amide bonds. The van der Waals surface area contributed by atoms with E-state index in [9.17, 15) is 9.18 Å². The topological polar surface area (TPSA) is 20.3 Å². The van der Waals surface area contributed by atoms with Gasteiger partial charge in [-0.25, -0.2) is 4.39 Å². The Bertz CT molecular complexity index is 568. The molecule has 0 aliphatic heterocycles. The number of hydrogen-bond donors (Lipinski definition) is 0. The average Bonchev–Trinajstić information content (AvgIpc) is 2.97. The van der Waals surface area contributed by atoms with Gasteiger partial charge in [0.1, 0.15) is 5.82 Å². The zero-order valence-corrected chi connectivity index (χ0v) is 12.5. The van der Waals surface area contributed by atoms with Crippen molar-refractivity contribution in [3.8, 4) is 0 Å². The third-order valence-corrected chi connectivity index (χ3v) is 4.27. The van der Waals surface area contributed by atoms with Crippen molar-refractivity contribution in [1.29, 1.82) is 0 Å². The first-order valence-corrected chi connectivity index (χ1v) is 7.55. The summed E-state index contributed by atoms with van der Waals surface area (Å²) in [6.45, 7) is 1.85. The smallest absolute Gasteiger partial charge is 0.223 e. The van der Waals surface area contributed by atoms with Gasteiger partial charge in [0, 0.05) is 19.0 Å². The summed E-state index contributed by atoms with van der Waals surface area (Å²) >= 11 is 1.63. The molecule has 0 saturated heterocycles. The first kappa shape index (κ1) is 14.7. The maximum Gasteiger partial charge on any atom is 0.223 e. The highest BCUT2D eigenvalue weighted by atomic mass is 32.1. The maximum atomic E-state index is 13.7. The summed E-state index contributed by atoms with van der Waals surface area (Å²) in [7, 11) is 1.73. The number of aryl methyl sites for hydroxylation is 1. The van der Waals surface area contributed by atoms with E-state index < -0.39 is 0 Å². The quantitative estimate of drug-likeness (QED) is 0.814. The number of rotatable bonds is 5. The van der Waals surface area contributed by atoms with Gasteiger partial charge in [0.25, 0.3) is 0 Å². The molecular weight excluding hydrogens is 273 g/mol. The average molecular weight is 291 g/mol. The van der Waals surface area contributed by atoms with Crippen LogP contribution in [0.3, 0.4) is 0 Å². The Morgan fingerprint density at radius 2 is 2.10 bits per heavy atom. The summed E-state index contributed by atoms with van der Waals surface area (Å²) in [6.07, 6.45) is 1.18. The molecule has 20 heavy (non-hydrogen) atoms. The number of hydrogen-bond acceptors (Lipinski definition) is 2. The zero-order chi connectivity index (χ0) is 14.5. The van der Waals surface area contributed by atoms with E-state index in [2.05, 4.69) is 0 Å². The molecule has 1 aromatic heterocycles. The number of benzene rings is 1. The van der Waals surface area contributed by atoms with Gasteiger partial charge in [0.05, 0.1) is 6.04 Å². The second-order valence-electron chi connectivity index (χ2n) is 4.83. The molecule has 1 atom stereocenters. The van der Waals surface area contributed by atoms with Gasteiger partial charge in [-0.15, -0.1) is 0 Å². The minimum atomic E-state index is -0.266. The van der Waals surface area contributed by atoms with Crippen LogP contribution in [-0.4, -0.2) is 17.9 Å². The molecule has 2 aromatic rings. The van der Waals surface area contributed by atoms with E-state index in [0.29, 0.717) is 12.0 Å². The van der Waals surface area contributed by atoms with E-state index in [1.807, 2.05) is 23.8 Å². The largest absolute Gasteiger partial charge is 0.339 e. The molecule has 4 heteroatoms. The lowest BCUT2D eigenvalue weighted by Crippen LogP contribution is -2.30. The van der Waals surface area contributed by atoms with Crippen LogP contribution < -0.4 is 0 Å². The van der Waals surface area contributed by atoms with E-state index in [1.54, 1.807) is 41.5 Å². The van der Waals surface area contributed by atoms with Gasteiger partial charge in [0.15, 0.2) is 0 Å². The fraction of sp³-hybridized carbons (Fsp3) is 0.312. The molecule has 0 N–H and O–H groups in total. The van der Waals surface area contributed by atoms with Crippen LogP contribution in [0, 0.1) is 5.82 Å². The molecule has 2 rings (SSSR count). The number of amides is 1. The lowest BCUT2D eigenvalue weighted by atomic mass is 10.1.